The fraction of sp³-hybridized carbons (Fsp3) is 1.00. The van der Waals surface area contributed by atoms with Gasteiger partial charge in [-0.1, -0.05) is 13.8 Å². The first-order chi connectivity index (χ1) is 8.61. The number of ether oxygens (including phenoxy) is 1. The van der Waals surface area contributed by atoms with Gasteiger partial charge in [0.25, 0.3) is 0 Å². The lowest BCUT2D eigenvalue weighted by Gasteiger charge is -2.37. The minimum atomic E-state index is 0.350. The highest BCUT2D eigenvalue weighted by Gasteiger charge is 2.32. The van der Waals surface area contributed by atoms with Crippen LogP contribution in [0.2, 0.25) is 0 Å². The summed E-state index contributed by atoms with van der Waals surface area (Å²) < 4.78 is 5.19. The highest BCUT2D eigenvalue weighted by atomic mass is 16.5. The van der Waals surface area contributed by atoms with Crippen LogP contribution in [0.15, 0.2) is 0 Å². The second-order valence-corrected chi connectivity index (χ2v) is 6.84. The molecule has 0 aromatic heterocycles. The second kappa shape index (κ2) is 6.36. The molecule has 3 heteroatoms. The predicted molar refractivity (Wildman–Crippen MR) is 75.9 cm³/mol. The van der Waals surface area contributed by atoms with Crippen molar-refractivity contribution >= 4 is 0 Å². The summed E-state index contributed by atoms with van der Waals surface area (Å²) in [6.07, 6.45) is 6.66. The van der Waals surface area contributed by atoms with Crippen molar-refractivity contribution in [3.8, 4) is 0 Å². The van der Waals surface area contributed by atoms with Crippen LogP contribution in [0, 0.1) is 5.41 Å². The maximum absolute atomic E-state index is 5.19. The predicted octanol–water partition coefficient (Wildman–Crippen LogP) is 2.27. The lowest BCUT2D eigenvalue weighted by molar-refractivity contribution is 0.135. The number of hydrogen-bond acceptors (Lipinski definition) is 3. The first kappa shape index (κ1) is 14.3. The van der Waals surface area contributed by atoms with Gasteiger partial charge in [0.1, 0.15) is 0 Å². The fourth-order valence-electron chi connectivity index (χ4n) is 3.30. The molecule has 106 valence electrons. The molecule has 2 unspecified atom stereocenters. The molecule has 2 saturated heterocycles. The molecule has 0 spiro atoms. The van der Waals surface area contributed by atoms with Crippen LogP contribution in [-0.4, -0.2) is 50.3 Å². The molecule has 0 radical (unpaired) electrons. The van der Waals surface area contributed by atoms with E-state index in [2.05, 4.69) is 24.1 Å². The van der Waals surface area contributed by atoms with E-state index >= 15 is 0 Å². The van der Waals surface area contributed by atoms with Crippen LogP contribution in [0.25, 0.3) is 0 Å². The van der Waals surface area contributed by atoms with E-state index in [1.165, 1.54) is 38.8 Å². The van der Waals surface area contributed by atoms with E-state index in [9.17, 15) is 0 Å². The number of nitrogens with one attached hydrogen (secondary N) is 1. The summed E-state index contributed by atoms with van der Waals surface area (Å²) in [4.78, 5) is 2.69. The average Bonchev–Trinajstić information content (AvgIpc) is 2.81. The molecule has 0 amide bonds. The lowest BCUT2D eigenvalue weighted by Crippen LogP contribution is -2.47. The standard InChI is InChI=1S/C15H30N2O/c1-15(2,7-10-18-3)12-16-13-6-9-17-8-4-5-14(17)11-13/h13-14,16H,4-12H2,1-3H3. The zero-order chi connectivity index (χ0) is 13.0. The van der Waals surface area contributed by atoms with Crippen LogP contribution in [-0.2, 0) is 4.74 Å². The monoisotopic (exact) mass is 254 g/mol. The number of hydrogen-bond donors (Lipinski definition) is 1. The van der Waals surface area contributed by atoms with Gasteiger partial charge in [-0.3, -0.25) is 0 Å². The van der Waals surface area contributed by atoms with Gasteiger partial charge in [0.15, 0.2) is 0 Å². The Bertz CT molecular complexity index is 255. The molecule has 2 fully saturated rings. The minimum absolute atomic E-state index is 0.350. The zero-order valence-electron chi connectivity index (χ0n) is 12.4. The Morgan fingerprint density at radius 2 is 2.11 bits per heavy atom. The highest BCUT2D eigenvalue weighted by molar-refractivity contribution is 4.89. The summed E-state index contributed by atoms with van der Waals surface area (Å²) in [5.74, 6) is 0. The molecule has 0 bridgehead atoms. The topological polar surface area (TPSA) is 24.5 Å². The molecular formula is C15H30N2O. The smallest absolute Gasteiger partial charge is 0.0467 e. The Hall–Kier alpha value is -0.120. The summed E-state index contributed by atoms with van der Waals surface area (Å²) in [7, 11) is 1.79. The average molecular weight is 254 g/mol. The number of rotatable bonds is 6. The largest absolute Gasteiger partial charge is 0.385 e. The van der Waals surface area contributed by atoms with Crippen LogP contribution < -0.4 is 5.32 Å². The maximum Gasteiger partial charge on any atom is 0.0467 e. The molecule has 2 rings (SSSR count). The molecule has 0 aliphatic carbocycles. The van der Waals surface area contributed by atoms with Gasteiger partial charge >= 0.3 is 0 Å². The number of methoxy groups -OCH3 is 1. The van der Waals surface area contributed by atoms with Crippen LogP contribution >= 0.6 is 0 Å². The quantitative estimate of drug-likeness (QED) is 0.787. The van der Waals surface area contributed by atoms with E-state index in [-0.39, 0.29) is 0 Å². The Balaban J connectivity index is 1.70. The third-order valence-electron chi connectivity index (χ3n) is 4.67. The van der Waals surface area contributed by atoms with Crippen molar-refractivity contribution < 1.29 is 4.74 Å². The van der Waals surface area contributed by atoms with Gasteiger partial charge in [-0.15, -0.1) is 0 Å². The van der Waals surface area contributed by atoms with Crippen LogP contribution in [0.5, 0.6) is 0 Å². The molecule has 2 atom stereocenters. The van der Waals surface area contributed by atoms with E-state index < -0.39 is 0 Å². The SMILES string of the molecule is COCCC(C)(C)CNC1CCN2CCCC2C1. The summed E-state index contributed by atoms with van der Waals surface area (Å²) >= 11 is 0. The van der Waals surface area contributed by atoms with Gasteiger partial charge in [0, 0.05) is 32.3 Å². The van der Waals surface area contributed by atoms with Crippen molar-refractivity contribution in [3.05, 3.63) is 0 Å². The first-order valence-electron chi connectivity index (χ1n) is 7.57. The second-order valence-electron chi connectivity index (χ2n) is 6.84. The third kappa shape index (κ3) is 3.94. The maximum atomic E-state index is 5.19. The first-order valence-corrected chi connectivity index (χ1v) is 7.57. The van der Waals surface area contributed by atoms with Crippen LogP contribution in [0.3, 0.4) is 0 Å². The van der Waals surface area contributed by atoms with E-state index in [4.69, 9.17) is 4.74 Å². The Morgan fingerprint density at radius 3 is 2.89 bits per heavy atom. The molecule has 18 heavy (non-hydrogen) atoms. The van der Waals surface area contributed by atoms with E-state index in [0.29, 0.717) is 5.41 Å². The van der Waals surface area contributed by atoms with Crippen molar-refractivity contribution in [2.45, 2.75) is 58.0 Å². The Kier molecular flexibility index (Phi) is 5.05. The molecular weight excluding hydrogens is 224 g/mol. The molecule has 2 aliphatic rings. The van der Waals surface area contributed by atoms with Crippen molar-refractivity contribution in [1.29, 1.82) is 0 Å². The summed E-state index contributed by atoms with van der Waals surface area (Å²) in [5.41, 5.74) is 0.350. The van der Waals surface area contributed by atoms with Crippen LogP contribution in [0.1, 0.15) is 46.0 Å². The van der Waals surface area contributed by atoms with Gasteiger partial charge < -0.3 is 15.0 Å². The van der Waals surface area contributed by atoms with E-state index in [0.717, 1.165) is 31.7 Å². The highest BCUT2D eigenvalue weighted by Crippen LogP contribution is 2.27. The van der Waals surface area contributed by atoms with Gasteiger partial charge in [-0.05, 0) is 50.6 Å². The summed E-state index contributed by atoms with van der Waals surface area (Å²) in [5, 5.41) is 3.80. The molecule has 0 aromatic carbocycles. The molecule has 2 heterocycles. The number of nitrogens with zero attached hydrogens (tertiary/aromatic N) is 1. The van der Waals surface area contributed by atoms with Gasteiger partial charge in [0.2, 0.25) is 0 Å². The fourth-order valence-corrected chi connectivity index (χ4v) is 3.30. The van der Waals surface area contributed by atoms with Gasteiger partial charge in [-0.25, -0.2) is 0 Å². The zero-order valence-corrected chi connectivity index (χ0v) is 12.4. The van der Waals surface area contributed by atoms with Crippen molar-refractivity contribution in [1.82, 2.24) is 10.2 Å². The molecule has 0 saturated carbocycles. The minimum Gasteiger partial charge on any atom is -0.385 e. The molecule has 1 N–H and O–H groups in total. The van der Waals surface area contributed by atoms with Gasteiger partial charge in [-0.2, -0.15) is 0 Å². The lowest BCUT2D eigenvalue weighted by atomic mass is 9.88. The molecule has 3 nitrogen and oxygen atoms in total. The van der Waals surface area contributed by atoms with E-state index in [1.54, 1.807) is 7.11 Å². The number of fused-ring (bicyclic) bond motifs is 1. The third-order valence-corrected chi connectivity index (χ3v) is 4.67. The summed E-state index contributed by atoms with van der Waals surface area (Å²) in [6.45, 7) is 9.31. The van der Waals surface area contributed by atoms with Crippen molar-refractivity contribution in [3.63, 3.8) is 0 Å². The van der Waals surface area contributed by atoms with E-state index in [1.807, 2.05) is 0 Å². The number of piperidine rings is 1. The molecule has 2 aliphatic heterocycles. The van der Waals surface area contributed by atoms with Crippen LogP contribution in [0.4, 0.5) is 0 Å². The molecule has 0 aromatic rings. The normalized spacial score (nSPS) is 29.5. The van der Waals surface area contributed by atoms with Crippen molar-refractivity contribution in [2.75, 3.05) is 33.4 Å². The van der Waals surface area contributed by atoms with Crippen molar-refractivity contribution in [2.24, 2.45) is 5.41 Å². The Morgan fingerprint density at radius 1 is 1.28 bits per heavy atom. The summed E-state index contributed by atoms with van der Waals surface area (Å²) in [6, 6.07) is 1.62. The Labute approximate surface area is 112 Å². The van der Waals surface area contributed by atoms with Gasteiger partial charge in [0.05, 0.1) is 0 Å².